The smallest absolute Gasteiger partial charge is 0.268 e. The normalized spacial score (nSPS) is 15.3. The highest BCUT2D eigenvalue weighted by molar-refractivity contribution is 7.45. The van der Waals surface area contributed by atoms with Crippen molar-refractivity contribution in [1.29, 1.82) is 0 Å². The van der Waals surface area contributed by atoms with Crippen molar-refractivity contribution in [2.45, 2.75) is 154 Å². The zero-order valence-electron chi connectivity index (χ0n) is 32.6. The number of amides is 1. The third-order valence-electron chi connectivity index (χ3n) is 8.21. The summed E-state index contributed by atoms with van der Waals surface area (Å²) in [6.45, 7) is 4.45. The Morgan fingerprint density at radius 3 is 1.86 bits per heavy atom. The predicted octanol–water partition coefficient (Wildman–Crippen LogP) is 9.66. The summed E-state index contributed by atoms with van der Waals surface area (Å²) in [6, 6.07) is -0.912. The average Bonchev–Trinajstić information content (AvgIpc) is 3.06. The summed E-state index contributed by atoms with van der Waals surface area (Å²) < 4.78 is 23.1. The van der Waals surface area contributed by atoms with Gasteiger partial charge < -0.3 is 28.8 Å². The van der Waals surface area contributed by atoms with Crippen LogP contribution < -0.4 is 10.2 Å². The number of quaternary nitrogens is 1. The standard InChI is InChI=1S/C41H75N2O6P/c1-6-8-10-12-14-16-18-20-21-23-25-27-29-31-33-35-41(45)42-39(38-49-50(46,47)48-37-36-43(3,4)5)40(44)34-32-30-28-26-24-22-19-17-15-13-11-9-7-2/h8,10,14,16,20-21,24,26,32,34,39-40,44H,6-7,9,11-13,15,17-19,22-23,25,27-31,33,35-38H2,1-5H3,(H-,42,45,46,47)/b10-8-,16-14-,21-20-,26-24+,34-32+. The van der Waals surface area contributed by atoms with E-state index in [1.165, 1.54) is 44.9 Å². The molecule has 0 heterocycles. The summed E-state index contributed by atoms with van der Waals surface area (Å²) in [4.78, 5) is 25.2. The van der Waals surface area contributed by atoms with Crippen LogP contribution in [0.4, 0.5) is 0 Å². The molecular weight excluding hydrogens is 647 g/mol. The van der Waals surface area contributed by atoms with E-state index in [0.717, 1.165) is 77.0 Å². The van der Waals surface area contributed by atoms with Crippen LogP contribution in [0.25, 0.3) is 0 Å². The minimum atomic E-state index is -4.60. The van der Waals surface area contributed by atoms with Crippen LogP contribution in [0.1, 0.15) is 142 Å². The van der Waals surface area contributed by atoms with Crippen molar-refractivity contribution in [2.24, 2.45) is 0 Å². The number of hydrogen-bond donors (Lipinski definition) is 2. The molecule has 2 N–H and O–H groups in total. The highest BCUT2D eigenvalue weighted by Gasteiger charge is 2.23. The van der Waals surface area contributed by atoms with E-state index < -0.39 is 26.6 Å². The van der Waals surface area contributed by atoms with Crippen LogP contribution in [-0.4, -0.2) is 68.5 Å². The molecule has 0 aromatic carbocycles. The van der Waals surface area contributed by atoms with Crippen LogP contribution >= 0.6 is 7.82 Å². The van der Waals surface area contributed by atoms with Crippen LogP contribution in [0.5, 0.6) is 0 Å². The van der Waals surface area contributed by atoms with Crippen molar-refractivity contribution in [2.75, 3.05) is 40.9 Å². The number of phosphoric ester groups is 1. The number of carbonyl (C=O) groups excluding carboxylic acids is 1. The molecule has 0 bridgehead atoms. The molecule has 9 heteroatoms. The Bertz CT molecular complexity index is 1000. The van der Waals surface area contributed by atoms with Gasteiger partial charge in [0.1, 0.15) is 13.2 Å². The van der Waals surface area contributed by atoms with Gasteiger partial charge in [-0.25, -0.2) is 0 Å². The molecule has 0 aromatic rings. The number of rotatable bonds is 34. The molecule has 0 aliphatic heterocycles. The van der Waals surface area contributed by atoms with E-state index in [4.69, 9.17) is 9.05 Å². The number of unbranched alkanes of at least 4 members (excludes halogenated alkanes) is 13. The molecule has 0 aromatic heterocycles. The molecule has 0 radical (unpaired) electrons. The Balaban J connectivity index is 4.61. The van der Waals surface area contributed by atoms with Gasteiger partial charge in [-0.05, 0) is 64.2 Å². The molecule has 0 rings (SSSR count). The molecule has 0 saturated carbocycles. The van der Waals surface area contributed by atoms with Crippen molar-refractivity contribution in [3.8, 4) is 0 Å². The van der Waals surface area contributed by atoms with Crippen LogP contribution in [0.3, 0.4) is 0 Å². The maximum atomic E-state index is 12.8. The largest absolute Gasteiger partial charge is 0.756 e. The molecule has 1 amide bonds. The first kappa shape index (κ1) is 48.2. The fourth-order valence-corrected chi connectivity index (χ4v) is 5.78. The monoisotopic (exact) mass is 723 g/mol. The van der Waals surface area contributed by atoms with Gasteiger partial charge in [0.15, 0.2) is 0 Å². The molecule has 3 atom stereocenters. The van der Waals surface area contributed by atoms with Gasteiger partial charge in [-0.1, -0.05) is 132 Å². The van der Waals surface area contributed by atoms with Crippen LogP contribution in [0.2, 0.25) is 0 Å². The van der Waals surface area contributed by atoms with Crippen LogP contribution in [0.15, 0.2) is 60.8 Å². The number of phosphoric acid groups is 1. The van der Waals surface area contributed by atoms with E-state index in [-0.39, 0.29) is 12.5 Å². The van der Waals surface area contributed by atoms with Gasteiger partial charge >= 0.3 is 0 Å². The third kappa shape index (κ3) is 34.6. The quantitative estimate of drug-likeness (QED) is 0.0297. The van der Waals surface area contributed by atoms with Crippen molar-refractivity contribution in [3.63, 3.8) is 0 Å². The van der Waals surface area contributed by atoms with Gasteiger partial charge in [0, 0.05) is 6.42 Å². The van der Waals surface area contributed by atoms with Gasteiger partial charge in [-0.2, -0.15) is 0 Å². The first-order valence-corrected chi connectivity index (χ1v) is 21.1. The lowest BCUT2D eigenvalue weighted by atomic mass is 10.1. The van der Waals surface area contributed by atoms with E-state index >= 15 is 0 Å². The topological polar surface area (TPSA) is 108 Å². The second-order valence-electron chi connectivity index (χ2n) is 14.2. The van der Waals surface area contributed by atoms with E-state index in [1.54, 1.807) is 6.08 Å². The number of hydrogen-bond acceptors (Lipinski definition) is 6. The first-order chi connectivity index (χ1) is 24.0. The number of carbonyl (C=O) groups is 1. The minimum Gasteiger partial charge on any atom is -0.756 e. The predicted molar refractivity (Wildman–Crippen MR) is 210 cm³/mol. The third-order valence-corrected chi connectivity index (χ3v) is 9.18. The van der Waals surface area contributed by atoms with Crippen LogP contribution in [-0.2, 0) is 18.4 Å². The van der Waals surface area contributed by atoms with Gasteiger partial charge in [0.25, 0.3) is 7.82 Å². The molecule has 0 aliphatic rings. The van der Waals surface area contributed by atoms with Crippen molar-refractivity contribution in [3.05, 3.63) is 60.8 Å². The summed E-state index contributed by atoms with van der Waals surface area (Å²) in [5.41, 5.74) is 0. The van der Waals surface area contributed by atoms with E-state index in [2.05, 4.69) is 67.8 Å². The zero-order chi connectivity index (χ0) is 37.2. The summed E-state index contributed by atoms with van der Waals surface area (Å²) >= 11 is 0. The lowest BCUT2D eigenvalue weighted by Gasteiger charge is -2.29. The second-order valence-corrected chi connectivity index (χ2v) is 15.7. The van der Waals surface area contributed by atoms with E-state index in [0.29, 0.717) is 17.4 Å². The number of aliphatic hydroxyl groups is 1. The van der Waals surface area contributed by atoms with E-state index in [1.807, 2.05) is 27.2 Å². The van der Waals surface area contributed by atoms with Crippen molar-refractivity contribution in [1.82, 2.24) is 5.32 Å². The molecule has 8 nitrogen and oxygen atoms in total. The first-order valence-electron chi connectivity index (χ1n) is 19.7. The number of likely N-dealkylation sites (N-methyl/N-ethyl adjacent to an activating group) is 1. The lowest BCUT2D eigenvalue weighted by Crippen LogP contribution is -2.45. The molecule has 0 aliphatic carbocycles. The SMILES string of the molecule is CC/C=C\C/C=C\C/C=C\CCCCCCCC(=O)NC(COP(=O)([O-])OCC[N+](C)(C)C)C(O)/C=C/CC/C=C/CCCCCCCCC. The molecule has 0 spiro atoms. The number of aliphatic hydroxyl groups excluding tert-OH is 1. The molecule has 0 fully saturated rings. The number of nitrogens with one attached hydrogen (secondary N) is 1. The maximum absolute atomic E-state index is 12.8. The Hall–Kier alpha value is -1.80. The molecular formula is C41H75N2O6P. The Morgan fingerprint density at radius 1 is 0.720 bits per heavy atom. The molecule has 50 heavy (non-hydrogen) atoms. The van der Waals surface area contributed by atoms with Gasteiger partial charge in [0.05, 0.1) is 39.9 Å². The summed E-state index contributed by atoms with van der Waals surface area (Å²) in [5.74, 6) is -0.229. The molecule has 290 valence electrons. The minimum absolute atomic E-state index is 0.0128. The summed E-state index contributed by atoms with van der Waals surface area (Å²) in [5, 5.41) is 13.7. The van der Waals surface area contributed by atoms with Gasteiger partial charge in [0.2, 0.25) is 5.91 Å². The van der Waals surface area contributed by atoms with Gasteiger partial charge in [-0.3, -0.25) is 9.36 Å². The van der Waals surface area contributed by atoms with Crippen molar-refractivity contribution < 1.29 is 32.9 Å². The van der Waals surface area contributed by atoms with Crippen molar-refractivity contribution >= 4 is 13.7 Å². The Morgan fingerprint density at radius 2 is 1.24 bits per heavy atom. The highest BCUT2D eigenvalue weighted by atomic mass is 31.2. The second kappa shape index (κ2) is 33.1. The number of allylic oxidation sites excluding steroid dienone is 9. The fourth-order valence-electron chi connectivity index (χ4n) is 5.06. The fraction of sp³-hybridized carbons (Fsp3) is 0.732. The molecule has 0 saturated heterocycles. The zero-order valence-corrected chi connectivity index (χ0v) is 33.5. The lowest BCUT2D eigenvalue weighted by molar-refractivity contribution is -0.870. The highest BCUT2D eigenvalue weighted by Crippen LogP contribution is 2.38. The maximum Gasteiger partial charge on any atom is 0.268 e. The summed E-state index contributed by atoms with van der Waals surface area (Å²) in [6.07, 6.45) is 41.2. The Kier molecular flexibility index (Phi) is 31.9. The van der Waals surface area contributed by atoms with Gasteiger partial charge in [-0.15, -0.1) is 0 Å². The van der Waals surface area contributed by atoms with Crippen LogP contribution in [0, 0.1) is 0 Å². The number of nitrogens with zero attached hydrogens (tertiary/aromatic N) is 1. The van der Waals surface area contributed by atoms with E-state index in [9.17, 15) is 19.4 Å². The summed E-state index contributed by atoms with van der Waals surface area (Å²) in [7, 11) is 1.22. The molecule has 3 unspecified atom stereocenters. The Labute approximate surface area is 307 Å². The average molecular weight is 723 g/mol.